The third-order valence-electron chi connectivity index (χ3n) is 7.65. The molecule has 1 aromatic carbocycles. The highest BCUT2D eigenvalue weighted by Gasteiger charge is 2.46. The predicted octanol–water partition coefficient (Wildman–Crippen LogP) is 4.43. The van der Waals surface area contributed by atoms with Crippen molar-refractivity contribution in [2.45, 2.75) is 82.6 Å². The van der Waals surface area contributed by atoms with Crippen LogP contribution in [0.3, 0.4) is 0 Å². The summed E-state index contributed by atoms with van der Waals surface area (Å²) >= 11 is 0. The van der Waals surface area contributed by atoms with Crippen LogP contribution < -0.4 is 10.5 Å². The van der Waals surface area contributed by atoms with Crippen molar-refractivity contribution < 1.29 is 37.6 Å². The number of alkyl halides is 2. The van der Waals surface area contributed by atoms with Gasteiger partial charge in [0.05, 0.1) is 35.8 Å². The summed E-state index contributed by atoms with van der Waals surface area (Å²) in [4.78, 5) is 34.4. The maximum Gasteiger partial charge on any atom is 0.278 e. The number of ether oxygens (including phenoxy) is 1. The number of carbonyl (C=O) groups excluding carboxylic acids is 2. The zero-order chi connectivity index (χ0) is 27.6. The van der Waals surface area contributed by atoms with Crippen LogP contribution in [0.2, 0.25) is 0 Å². The van der Waals surface area contributed by atoms with Crippen molar-refractivity contribution in [3.8, 4) is 5.88 Å². The minimum atomic E-state index is -3.30. The first-order chi connectivity index (χ1) is 18.1. The molecule has 1 unspecified atom stereocenters. The van der Waals surface area contributed by atoms with E-state index in [0.29, 0.717) is 30.9 Å². The molecule has 1 amide bonds. The van der Waals surface area contributed by atoms with Gasteiger partial charge in [0.25, 0.3) is 5.92 Å². The number of likely N-dealkylation sites (tertiary alicyclic amines) is 1. The molecule has 1 aliphatic heterocycles. The summed E-state index contributed by atoms with van der Waals surface area (Å²) in [6.07, 6.45) is 1.83. The maximum atomic E-state index is 15.6. The molecule has 0 bridgehead atoms. The minimum Gasteiger partial charge on any atom is -0.472 e. The number of rotatable bonds is 12. The van der Waals surface area contributed by atoms with Crippen molar-refractivity contribution in [2.75, 3.05) is 6.54 Å². The molecule has 38 heavy (non-hydrogen) atoms. The van der Waals surface area contributed by atoms with Crippen LogP contribution in [0, 0.1) is 17.7 Å². The third-order valence-corrected chi connectivity index (χ3v) is 7.65. The molecular formula is C27H34F3N3O5. The van der Waals surface area contributed by atoms with Crippen molar-refractivity contribution in [3.63, 3.8) is 0 Å². The summed E-state index contributed by atoms with van der Waals surface area (Å²) < 4.78 is 51.2. The lowest BCUT2D eigenvalue weighted by atomic mass is 9.95. The van der Waals surface area contributed by atoms with Gasteiger partial charge in [-0.25, -0.2) is 23.0 Å². The molecule has 8 nitrogen and oxygen atoms in total. The SMILES string of the molecule is CC[C@@H]1[C@@H](Oc2nc3cc(F)ccc3cc2C(F)(F)CCCCC2C[C@H]2OO)CN(C(=O)[C@H](C)N)[C@@H]1C=O. The molecule has 0 spiro atoms. The van der Waals surface area contributed by atoms with Gasteiger partial charge in [-0.3, -0.25) is 10.1 Å². The van der Waals surface area contributed by atoms with Gasteiger partial charge in [0.2, 0.25) is 11.8 Å². The number of benzene rings is 1. The van der Waals surface area contributed by atoms with Crippen LogP contribution in [0.1, 0.15) is 57.9 Å². The molecule has 0 radical (unpaired) electrons. The Balaban J connectivity index is 1.60. The second kappa shape index (κ2) is 11.5. The first-order valence-electron chi connectivity index (χ1n) is 13.1. The van der Waals surface area contributed by atoms with E-state index >= 15 is 8.78 Å². The van der Waals surface area contributed by atoms with E-state index in [1.165, 1.54) is 30.0 Å². The standard InChI is InChI=1S/C27H34F3N3O5/c1-3-19-22(14-34)33(26(35)15(2)31)13-24(19)37-25-20(10-16-7-8-18(28)12-21(16)32-25)27(29,30)9-5-4-6-17-11-23(17)38-36/h7-8,10,12,14-15,17,19,22-24,36H,3-6,9,11,13,31H2,1-2H3/t15-,17?,19-,22+,23+,24-/m0/s1. The zero-order valence-electron chi connectivity index (χ0n) is 21.5. The first-order valence-corrected chi connectivity index (χ1v) is 13.1. The third kappa shape index (κ3) is 5.94. The number of fused-ring (bicyclic) bond motifs is 1. The number of unbranched alkanes of at least 4 members (excludes halogenated alkanes) is 1. The average Bonchev–Trinajstić information content (AvgIpc) is 3.56. The maximum absolute atomic E-state index is 15.6. The van der Waals surface area contributed by atoms with Gasteiger partial charge in [-0.2, -0.15) is 0 Å². The molecule has 2 aromatic rings. The summed E-state index contributed by atoms with van der Waals surface area (Å²) in [6, 6.07) is 3.33. The highest BCUT2D eigenvalue weighted by molar-refractivity contribution is 5.85. The van der Waals surface area contributed by atoms with E-state index < -0.39 is 53.7 Å². The molecule has 6 atom stereocenters. The van der Waals surface area contributed by atoms with E-state index in [9.17, 15) is 14.0 Å². The van der Waals surface area contributed by atoms with Gasteiger partial charge in [-0.05, 0) is 56.7 Å². The minimum absolute atomic E-state index is 0.00828. The van der Waals surface area contributed by atoms with E-state index in [2.05, 4.69) is 9.87 Å². The van der Waals surface area contributed by atoms with Crippen molar-refractivity contribution >= 4 is 23.1 Å². The Morgan fingerprint density at radius 2 is 2.08 bits per heavy atom. The fraction of sp³-hybridized carbons (Fsp3) is 0.593. The first kappa shape index (κ1) is 28.3. The molecule has 1 aliphatic carbocycles. The monoisotopic (exact) mass is 537 g/mol. The second-order valence-corrected chi connectivity index (χ2v) is 10.4. The van der Waals surface area contributed by atoms with Gasteiger partial charge in [0, 0.05) is 23.8 Å². The molecular weight excluding hydrogens is 503 g/mol. The predicted molar refractivity (Wildman–Crippen MR) is 133 cm³/mol. The molecule has 3 N–H and O–H groups in total. The van der Waals surface area contributed by atoms with Gasteiger partial charge in [0.15, 0.2) is 0 Å². The van der Waals surface area contributed by atoms with E-state index in [1.807, 2.05) is 6.92 Å². The van der Waals surface area contributed by atoms with Crippen molar-refractivity contribution in [2.24, 2.45) is 17.6 Å². The summed E-state index contributed by atoms with van der Waals surface area (Å²) in [5.74, 6) is -4.91. The van der Waals surface area contributed by atoms with Gasteiger partial charge < -0.3 is 20.2 Å². The van der Waals surface area contributed by atoms with E-state index in [-0.39, 0.29) is 36.4 Å². The summed E-state index contributed by atoms with van der Waals surface area (Å²) in [7, 11) is 0. The number of hydrogen-bond donors (Lipinski definition) is 2. The Hall–Kier alpha value is -2.76. The molecule has 1 saturated heterocycles. The number of nitrogens with zero attached hydrogens (tertiary/aromatic N) is 2. The Kier molecular flexibility index (Phi) is 8.59. The average molecular weight is 538 g/mol. The van der Waals surface area contributed by atoms with Crippen LogP contribution in [-0.4, -0.2) is 58.2 Å². The van der Waals surface area contributed by atoms with Gasteiger partial charge >= 0.3 is 0 Å². The quantitative estimate of drug-likeness (QED) is 0.178. The van der Waals surface area contributed by atoms with Gasteiger partial charge in [-0.15, -0.1) is 0 Å². The lowest BCUT2D eigenvalue weighted by Gasteiger charge is -2.25. The highest BCUT2D eigenvalue weighted by atomic mass is 19.3. The number of hydrogen-bond acceptors (Lipinski definition) is 7. The molecule has 2 aliphatic rings. The smallest absolute Gasteiger partial charge is 0.278 e. The fourth-order valence-electron chi connectivity index (χ4n) is 5.36. The normalized spacial score (nSPS) is 26.0. The molecule has 1 saturated carbocycles. The Morgan fingerprint density at radius 1 is 1.32 bits per heavy atom. The van der Waals surface area contributed by atoms with E-state index in [4.69, 9.17) is 15.7 Å². The topological polar surface area (TPSA) is 115 Å². The molecule has 2 heterocycles. The summed E-state index contributed by atoms with van der Waals surface area (Å²) in [5.41, 5.74) is 5.49. The molecule has 11 heteroatoms. The van der Waals surface area contributed by atoms with Crippen molar-refractivity contribution in [1.29, 1.82) is 0 Å². The molecule has 4 rings (SSSR count). The number of halogens is 3. The second-order valence-electron chi connectivity index (χ2n) is 10.4. The van der Waals surface area contributed by atoms with Crippen LogP contribution in [0.5, 0.6) is 5.88 Å². The lowest BCUT2D eigenvalue weighted by Crippen LogP contribution is -2.46. The van der Waals surface area contributed by atoms with E-state index in [1.54, 1.807) is 0 Å². The van der Waals surface area contributed by atoms with Crippen molar-refractivity contribution in [1.82, 2.24) is 9.88 Å². The summed E-state index contributed by atoms with van der Waals surface area (Å²) in [6.45, 7) is 3.33. The van der Waals surface area contributed by atoms with Crippen LogP contribution >= 0.6 is 0 Å². The lowest BCUT2D eigenvalue weighted by molar-refractivity contribution is -0.256. The van der Waals surface area contributed by atoms with Gasteiger partial charge in [-0.1, -0.05) is 13.3 Å². The van der Waals surface area contributed by atoms with Gasteiger partial charge in [0.1, 0.15) is 18.2 Å². The fourth-order valence-corrected chi connectivity index (χ4v) is 5.36. The molecule has 1 aromatic heterocycles. The molecule has 2 fully saturated rings. The van der Waals surface area contributed by atoms with Crippen LogP contribution in [-0.2, 0) is 20.4 Å². The number of aldehydes is 1. The Bertz CT molecular complexity index is 1160. The Labute approximate surface area is 219 Å². The van der Waals surface area contributed by atoms with Crippen LogP contribution in [0.4, 0.5) is 13.2 Å². The summed E-state index contributed by atoms with van der Waals surface area (Å²) in [5, 5.41) is 9.03. The van der Waals surface area contributed by atoms with E-state index in [0.717, 1.165) is 12.5 Å². The van der Waals surface area contributed by atoms with Crippen LogP contribution in [0.25, 0.3) is 10.9 Å². The van der Waals surface area contributed by atoms with Crippen LogP contribution in [0.15, 0.2) is 24.3 Å². The number of nitrogens with two attached hydrogens (primary N) is 1. The number of aromatic nitrogens is 1. The van der Waals surface area contributed by atoms with Crippen molar-refractivity contribution in [3.05, 3.63) is 35.6 Å². The molecule has 208 valence electrons. The Morgan fingerprint density at radius 3 is 2.71 bits per heavy atom. The zero-order valence-corrected chi connectivity index (χ0v) is 21.5. The number of carbonyl (C=O) groups is 2. The largest absolute Gasteiger partial charge is 0.472 e. The highest BCUT2D eigenvalue weighted by Crippen LogP contribution is 2.43. The number of pyridine rings is 1. The number of amides is 1.